The summed E-state index contributed by atoms with van der Waals surface area (Å²) in [5, 5.41) is 9.05. The highest BCUT2D eigenvalue weighted by Crippen LogP contribution is 2.04. The van der Waals surface area contributed by atoms with Gasteiger partial charge in [0, 0.05) is 32.8 Å². The summed E-state index contributed by atoms with van der Waals surface area (Å²) >= 11 is 0. The molecule has 0 unspecified atom stereocenters. The van der Waals surface area contributed by atoms with Gasteiger partial charge in [-0.05, 0) is 39.3 Å². The lowest BCUT2D eigenvalue weighted by Gasteiger charge is -2.26. The fraction of sp³-hybridized carbons (Fsp3) is 1.00. The van der Waals surface area contributed by atoms with Crippen LogP contribution in [0.5, 0.6) is 0 Å². The van der Waals surface area contributed by atoms with Crippen LogP contribution in [0.4, 0.5) is 0 Å². The average Bonchev–Trinajstić information content (AvgIpc) is 2.13. The molecule has 0 aliphatic rings. The minimum atomic E-state index is -1.42. The van der Waals surface area contributed by atoms with E-state index in [0.717, 1.165) is 26.3 Å². The van der Waals surface area contributed by atoms with Gasteiger partial charge in [-0.25, -0.2) is 0 Å². The lowest BCUT2D eigenvalue weighted by atomic mass is 10.4. The van der Waals surface area contributed by atoms with E-state index in [1.807, 2.05) is 0 Å². The minimum Gasteiger partial charge on any atom is -0.416 e. The van der Waals surface area contributed by atoms with Crippen molar-refractivity contribution in [3.63, 3.8) is 0 Å². The van der Waals surface area contributed by atoms with Crippen LogP contribution in [0.1, 0.15) is 0 Å². The zero-order chi connectivity index (χ0) is 14.2. The maximum Gasteiger partial charge on any atom is 0.183 e. The molecule has 4 nitrogen and oxygen atoms in total. The molecule has 0 bridgehead atoms. The zero-order valence-electron chi connectivity index (χ0n) is 13.0. The molecule has 0 fully saturated rings. The third-order valence-electron chi connectivity index (χ3n) is 2.30. The van der Waals surface area contributed by atoms with Crippen LogP contribution in [0.3, 0.4) is 0 Å². The number of aliphatic hydroxyl groups is 1. The van der Waals surface area contributed by atoms with Crippen LogP contribution in [0.15, 0.2) is 0 Å². The van der Waals surface area contributed by atoms with Crippen LogP contribution in [-0.4, -0.2) is 66.1 Å². The first-order valence-electron chi connectivity index (χ1n) is 6.75. The van der Waals surface area contributed by atoms with Crippen molar-refractivity contribution < 1.29 is 14.0 Å². The molecule has 0 aliphatic heterocycles. The van der Waals surface area contributed by atoms with Gasteiger partial charge in [0.05, 0.1) is 6.61 Å². The minimum absolute atomic E-state index is 0.194. The molecule has 0 heterocycles. The second kappa shape index (κ2) is 8.45. The maximum atomic E-state index is 9.05. The van der Waals surface area contributed by atoms with E-state index in [4.69, 9.17) is 14.0 Å². The molecule has 110 valence electrons. The molecule has 0 saturated carbocycles. The van der Waals surface area contributed by atoms with Crippen LogP contribution < -0.4 is 0 Å². The molecular formula is C12H31NO3Si2. The number of nitrogens with zero attached hydrogens (tertiary/aromatic N) is 1. The van der Waals surface area contributed by atoms with Crippen LogP contribution in [0, 0.1) is 0 Å². The zero-order valence-corrected chi connectivity index (χ0v) is 15.0. The second-order valence-corrected chi connectivity index (χ2v) is 15.5. The Labute approximate surface area is 115 Å². The molecule has 18 heavy (non-hydrogen) atoms. The summed E-state index contributed by atoms with van der Waals surface area (Å²) in [6, 6.07) is 0. The number of hydrogen-bond acceptors (Lipinski definition) is 4. The summed E-state index contributed by atoms with van der Waals surface area (Å²) in [5.74, 6) is 0. The lowest BCUT2D eigenvalue weighted by molar-refractivity contribution is 0.144. The Morgan fingerprint density at radius 2 is 1.17 bits per heavy atom. The van der Waals surface area contributed by atoms with Crippen molar-refractivity contribution in [2.75, 3.05) is 39.5 Å². The monoisotopic (exact) mass is 293 g/mol. The van der Waals surface area contributed by atoms with Crippen LogP contribution in [0.2, 0.25) is 39.3 Å². The topological polar surface area (TPSA) is 41.9 Å². The van der Waals surface area contributed by atoms with Gasteiger partial charge in [0.2, 0.25) is 0 Å². The Kier molecular flexibility index (Phi) is 8.57. The van der Waals surface area contributed by atoms with Crippen molar-refractivity contribution >= 4 is 16.6 Å². The van der Waals surface area contributed by atoms with Gasteiger partial charge in [-0.2, -0.15) is 0 Å². The summed E-state index contributed by atoms with van der Waals surface area (Å²) < 4.78 is 11.7. The highest BCUT2D eigenvalue weighted by Gasteiger charge is 2.16. The van der Waals surface area contributed by atoms with E-state index in [-0.39, 0.29) is 6.61 Å². The van der Waals surface area contributed by atoms with E-state index in [1.165, 1.54) is 0 Å². The van der Waals surface area contributed by atoms with Gasteiger partial charge in [-0.3, -0.25) is 4.90 Å². The Balaban J connectivity index is 3.85. The largest absolute Gasteiger partial charge is 0.416 e. The Morgan fingerprint density at radius 3 is 1.44 bits per heavy atom. The van der Waals surface area contributed by atoms with E-state index in [2.05, 4.69) is 44.2 Å². The molecule has 1 N–H and O–H groups in total. The van der Waals surface area contributed by atoms with E-state index in [0.29, 0.717) is 6.54 Å². The first-order chi connectivity index (χ1) is 8.14. The first-order valence-corrected chi connectivity index (χ1v) is 13.6. The fourth-order valence-corrected chi connectivity index (χ4v) is 2.85. The molecule has 0 aromatic rings. The standard InChI is InChI=1S/C12H31NO3Si2/c1-17(2,3)15-11-8-13(7-10-14)9-12-16-18(4,5)6/h14H,7-12H2,1-6H3. The van der Waals surface area contributed by atoms with Gasteiger partial charge in [0.25, 0.3) is 0 Å². The van der Waals surface area contributed by atoms with Crippen LogP contribution in [0.25, 0.3) is 0 Å². The van der Waals surface area contributed by atoms with Gasteiger partial charge in [0.1, 0.15) is 0 Å². The SMILES string of the molecule is C[Si](C)(C)OCCN(CCO)CCO[Si](C)(C)C. The third-order valence-corrected chi connectivity index (χ3v) is 4.44. The van der Waals surface area contributed by atoms with E-state index < -0.39 is 16.6 Å². The summed E-state index contributed by atoms with van der Waals surface area (Å²) in [4.78, 5) is 2.21. The van der Waals surface area contributed by atoms with Crippen molar-refractivity contribution in [1.29, 1.82) is 0 Å². The Bertz CT molecular complexity index is 194. The molecule has 6 heteroatoms. The van der Waals surface area contributed by atoms with E-state index in [9.17, 15) is 0 Å². The van der Waals surface area contributed by atoms with Gasteiger partial charge < -0.3 is 14.0 Å². The smallest absolute Gasteiger partial charge is 0.183 e. The first kappa shape index (κ1) is 18.3. The summed E-state index contributed by atoms with van der Waals surface area (Å²) in [5.41, 5.74) is 0. The van der Waals surface area contributed by atoms with Crippen LogP contribution >= 0.6 is 0 Å². The van der Waals surface area contributed by atoms with Crippen molar-refractivity contribution in [3.05, 3.63) is 0 Å². The number of aliphatic hydroxyl groups excluding tert-OH is 1. The Morgan fingerprint density at radius 1 is 0.778 bits per heavy atom. The molecule has 0 radical (unpaired) electrons. The Hall–Kier alpha value is 0.274. The number of rotatable bonds is 10. The predicted octanol–water partition coefficient (Wildman–Crippen LogP) is 1.98. The molecule has 0 atom stereocenters. The highest BCUT2D eigenvalue weighted by molar-refractivity contribution is 6.70. The molecular weight excluding hydrogens is 262 g/mol. The quantitative estimate of drug-likeness (QED) is 0.626. The average molecular weight is 294 g/mol. The van der Waals surface area contributed by atoms with Crippen molar-refractivity contribution in [1.82, 2.24) is 4.90 Å². The van der Waals surface area contributed by atoms with Crippen molar-refractivity contribution in [3.8, 4) is 0 Å². The summed E-state index contributed by atoms with van der Waals surface area (Å²) in [6.45, 7) is 17.3. The lowest BCUT2D eigenvalue weighted by Crippen LogP contribution is -2.38. The van der Waals surface area contributed by atoms with Crippen LogP contribution in [-0.2, 0) is 8.85 Å². The van der Waals surface area contributed by atoms with Gasteiger partial charge in [-0.1, -0.05) is 0 Å². The second-order valence-electron chi connectivity index (χ2n) is 6.49. The molecule has 0 aromatic carbocycles. The highest BCUT2D eigenvalue weighted by atomic mass is 28.4. The van der Waals surface area contributed by atoms with Crippen molar-refractivity contribution in [2.45, 2.75) is 39.3 Å². The van der Waals surface area contributed by atoms with E-state index >= 15 is 0 Å². The third kappa shape index (κ3) is 12.7. The summed E-state index contributed by atoms with van der Waals surface area (Å²) in [7, 11) is -2.84. The molecule has 0 aliphatic carbocycles. The molecule has 0 spiro atoms. The van der Waals surface area contributed by atoms with Gasteiger partial charge >= 0.3 is 0 Å². The fourth-order valence-electron chi connectivity index (χ4n) is 1.44. The van der Waals surface area contributed by atoms with Gasteiger partial charge in [-0.15, -0.1) is 0 Å². The maximum absolute atomic E-state index is 9.05. The molecule has 0 amide bonds. The predicted molar refractivity (Wildman–Crippen MR) is 82.1 cm³/mol. The molecule has 0 rings (SSSR count). The van der Waals surface area contributed by atoms with E-state index in [1.54, 1.807) is 0 Å². The number of hydrogen-bond donors (Lipinski definition) is 1. The molecule has 0 aromatic heterocycles. The summed E-state index contributed by atoms with van der Waals surface area (Å²) in [6.07, 6.45) is 0. The van der Waals surface area contributed by atoms with Crippen molar-refractivity contribution in [2.24, 2.45) is 0 Å². The molecule has 0 saturated heterocycles. The van der Waals surface area contributed by atoms with Gasteiger partial charge in [0.15, 0.2) is 16.6 Å². The normalized spacial score (nSPS) is 13.3.